The summed E-state index contributed by atoms with van der Waals surface area (Å²) in [4.78, 5) is 0. The smallest absolute Gasteiger partial charge is 0.126 e. The SMILES string of the molecule is COCCc1ccccc1NC(C)c1ccc(C)c(F)c1. The summed E-state index contributed by atoms with van der Waals surface area (Å²) in [6, 6.07) is 13.6. The number of rotatable bonds is 6. The van der Waals surface area contributed by atoms with Crippen LogP contribution in [0.15, 0.2) is 42.5 Å². The lowest BCUT2D eigenvalue weighted by atomic mass is 10.0. The summed E-state index contributed by atoms with van der Waals surface area (Å²) in [5.74, 6) is -0.159. The number of para-hydroxylation sites is 1. The van der Waals surface area contributed by atoms with Crippen molar-refractivity contribution < 1.29 is 9.13 Å². The molecule has 0 amide bonds. The Kier molecular flexibility index (Phi) is 5.34. The molecule has 0 aliphatic heterocycles. The maximum atomic E-state index is 13.7. The van der Waals surface area contributed by atoms with Gasteiger partial charge in [0.1, 0.15) is 5.82 Å². The lowest BCUT2D eigenvalue weighted by molar-refractivity contribution is 0.202. The van der Waals surface area contributed by atoms with Crippen molar-refractivity contribution in [3.63, 3.8) is 0 Å². The standard InChI is InChI=1S/C18H22FNO/c1-13-8-9-16(12-17(13)19)14(2)20-18-7-5-4-6-15(18)10-11-21-3/h4-9,12,14,20H,10-11H2,1-3H3. The van der Waals surface area contributed by atoms with Crippen molar-refractivity contribution >= 4 is 5.69 Å². The zero-order valence-electron chi connectivity index (χ0n) is 12.8. The summed E-state index contributed by atoms with van der Waals surface area (Å²) in [6.07, 6.45) is 0.856. The van der Waals surface area contributed by atoms with E-state index < -0.39 is 0 Å². The van der Waals surface area contributed by atoms with Gasteiger partial charge < -0.3 is 10.1 Å². The van der Waals surface area contributed by atoms with Crippen LogP contribution in [0.3, 0.4) is 0 Å². The Morgan fingerprint density at radius 3 is 2.67 bits per heavy atom. The molecular formula is C18H22FNO. The topological polar surface area (TPSA) is 21.3 Å². The van der Waals surface area contributed by atoms with Gasteiger partial charge in [0.25, 0.3) is 0 Å². The van der Waals surface area contributed by atoms with Gasteiger partial charge in [-0.3, -0.25) is 0 Å². The Balaban J connectivity index is 2.15. The number of hydrogen-bond acceptors (Lipinski definition) is 2. The van der Waals surface area contributed by atoms with E-state index >= 15 is 0 Å². The minimum Gasteiger partial charge on any atom is -0.384 e. The number of hydrogen-bond donors (Lipinski definition) is 1. The van der Waals surface area contributed by atoms with E-state index in [-0.39, 0.29) is 11.9 Å². The fourth-order valence-electron chi connectivity index (χ4n) is 2.29. The van der Waals surface area contributed by atoms with Crippen LogP contribution in [0, 0.1) is 12.7 Å². The maximum absolute atomic E-state index is 13.7. The molecule has 1 atom stereocenters. The van der Waals surface area contributed by atoms with Crippen molar-refractivity contribution in [2.75, 3.05) is 19.0 Å². The molecule has 112 valence electrons. The van der Waals surface area contributed by atoms with Crippen molar-refractivity contribution in [2.45, 2.75) is 26.3 Å². The van der Waals surface area contributed by atoms with Crippen LogP contribution in [-0.2, 0) is 11.2 Å². The van der Waals surface area contributed by atoms with Crippen LogP contribution in [0.2, 0.25) is 0 Å². The molecule has 0 spiro atoms. The van der Waals surface area contributed by atoms with Gasteiger partial charge in [-0.2, -0.15) is 0 Å². The molecule has 1 N–H and O–H groups in total. The molecule has 0 saturated carbocycles. The minimum atomic E-state index is -0.159. The molecule has 0 heterocycles. The Morgan fingerprint density at radius 1 is 1.19 bits per heavy atom. The van der Waals surface area contributed by atoms with E-state index in [9.17, 15) is 4.39 Å². The van der Waals surface area contributed by atoms with Crippen LogP contribution in [0.1, 0.15) is 29.7 Å². The van der Waals surface area contributed by atoms with Crippen LogP contribution in [-0.4, -0.2) is 13.7 Å². The molecule has 2 nitrogen and oxygen atoms in total. The van der Waals surface area contributed by atoms with Crippen molar-refractivity contribution in [3.8, 4) is 0 Å². The molecule has 0 aromatic heterocycles. The average molecular weight is 287 g/mol. The third-order valence-electron chi connectivity index (χ3n) is 3.66. The second kappa shape index (κ2) is 7.23. The monoisotopic (exact) mass is 287 g/mol. The van der Waals surface area contributed by atoms with Gasteiger partial charge in [-0.1, -0.05) is 30.3 Å². The fraction of sp³-hybridized carbons (Fsp3) is 0.333. The second-order valence-corrected chi connectivity index (χ2v) is 5.27. The molecule has 3 heteroatoms. The van der Waals surface area contributed by atoms with Crippen LogP contribution in [0.4, 0.5) is 10.1 Å². The molecule has 0 radical (unpaired) electrons. The van der Waals surface area contributed by atoms with Crippen molar-refractivity contribution in [1.29, 1.82) is 0 Å². The number of methoxy groups -OCH3 is 1. The van der Waals surface area contributed by atoms with E-state index in [1.54, 1.807) is 20.1 Å². The molecule has 1 unspecified atom stereocenters. The van der Waals surface area contributed by atoms with E-state index in [2.05, 4.69) is 11.4 Å². The van der Waals surface area contributed by atoms with Gasteiger partial charge in [-0.25, -0.2) is 4.39 Å². The van der Waals surface area contributed by atoms with E-state index in [4.69, 9.17) is 4.74 Å². The predicted molar refractivity (Wildman–Crippen MR) is 85.2 cm³/mol. The molecule has 2 aromatic carbocycles. The number of nitrogens with one attached hydrogen (secondary N) is 1. The highest BCUT2D eigenvalue weighted by atomic mass is 19.1. The zero-order chi connectivity index (χ0) is 15.2. The number of ether oxygens (including phenoxy) is 1. The fourth-order valence-corrected chi connectivity index (χ4v) is 2.29. The summed E-state index contributed by atoms with van der Waals surface area (Å²) in [7, 11) is 1.70. The van der Waals surface area contributed by atoms with E-state index in [0.717, 1.165) is 17.7 Å². The Hall–Kier alpha value is -1.87. The third-order valence-corrected chi connectivity index (χ3v) is 3.66. The average Bonchev–Trinajstić information content (AvgIpc) is 2.49. The van der Waals surface area contributed by atoms with Gasteiger partial charge in [0.15, 0.2) is 0 Å². The largest absolute Gasteiger partial charge is 0.384 e. The first-order valence-electron chi connectivity index (χ1n) is 7.21. The van der Waals surface area contributed by atoms with Crippen molar-refractivity contribution in [1.82, 2.24) is 0 Å². The summed E-state index contributed by atoms with van der Waals surface area (Å²) >= 11 is 0. The van der Waals surface area contributed by atoms with Gasteiger partial charge in [0, 0.05) is 18.8 Å². The van der Waals surface area contributed by atoms with E-state index in [1.807, 2.05) is 37.3 Å². The first-order chi connectivity index (χ1) is 10.1. The summed E-state index contributed by atoms with van der Waals surface area (Å²) in [5, 5.41) is 3.46. The summed E-state index contributed by atoms with van der Waals surface area (Å²) < 4.78 is 18.8. The third kappa shape index (κ3) is 4.05. The molecule has 21 heavy (non-hydrogen) atoms. The highest BCUT2D eigenvalue weighted by Gasteiger charge is 2.10. The molecule has 0 aliphatic carbocycles. The molecule has 0 aliphatic rings. The molecule has 0 bridgehead atoms. The van der Waals surface area contributed by atoms with Crippen molar-refractivity contribution in [3.05, 3.63) is 65.0 Å². The number of aryl methyl sites for hydroxylation is 1. The predicted octanol–water partition coefficient (Wildman–Crippen LogP) is 4.50. The first-order valence-corrected chi connectivity index (χ1v) is 7.21. The van der Waals surface area contributed by atoms with E-state index in [0.29, 0.717) is 12.2 Å². The normalized spacial score (nSPS) is 12.2. The summed E-state index contributed by atoms with van der Waals surface area (Å²) in [6.45, 7) is 4.50. The minimum absolute atomic E-state index is 0.0452. The van der Waals surface area contributed by atoms with Crippen LogP contribution in [0.25, 0.3) is 0 Å². The Labute approximate surface area is 126 Å². The number of halogens is 1. The van der Waals surface area contributed by atoms with Gasteiger partial charge in [-0.05, 0) is 49.1 Å². The lowest BCUT2D eigenvalue weighted by Gasteiger charge is -2.19. The Bertz CT molecular complexity index is 598. The van der Waals surface area contributed by atoms with Gasteiger partial charge in [0.05, 0.1) is 6.61 Å². The van der Waals surface area contributed by atoms with Crippen LogP contribution >= 0.6 is 0 Å². The molecule has 0 fully saturated rings. The van der Waals surface area contributed by atoms with Gasteiger partial charge in [-0.15, -0.1) is 0 Å². The lowest BCUT2D eigenvalue weighted by Crippen LogP contribution is -2.09. The quantitative estimate of drug-likeness (QED) is 0.845. The van der Waals surface area contributed by atoms with E-state index in [1.165, 1.54) is 5.56 Å². The highest BCUT2D eigenvalue weighted by molar-refractivity contribution is 5.52. The van der Waals surface area contributed by atoms with Gasteiger partial charge >= 0.3 is 0 Å². The molecule has 2 rings (SSSR count). The first kappa shape index (κ1) is 15.5. The molecule has 2 aromatic rings. The van der Waals surface area contributed by atoms with Crippen LogP contribution < -0.4 is 5.32 Å². The second-order valence-electron chi connectivity index (χ2n) is 5.27. The summed E-state index contributed by atoms with van der Waals surface area (Å²) in [5.41, 5.74) is 3.90. The molecule has 0 saturated heterocycles. The Morgan fingerprint density at radius 2 is 1.95 bits per heavy atom. The number of anilines is 1. The van der Waals surface area contributed by atoms with Crippen molar-refractivity contribution in [2.24, 2.45) is 0 Å². The molecular weight excluding hydrogens is 265 g/mol. The maximum Gasteiger partial charge on any atom is 0.126 e. The number of benzene rings is 2. The zero-order valence-corrected chi connectivity index (χ0v) is 12.8. The highest BCUT2D eigenvalue weighted by Crippen LogP contribution is 2.24. The van der Waals surface area contributed by atoms with Gasteiger partial charge in [0.2, 0.25) is 0 Å². The van der Waals surface area contributed by atoms with Crippen LogP contribution in [0.5, 0.6) is 0 Å².